The predicted octanol–water partition coefficient (Wildman–Crippen LogP) is 12.7. The van der Waals surface area contributed by atoms with Crippen molar-refractivity contribution in [3.8, 4) is 0 Å². The summed E-state index contributed by atoms with van der Waals surface area (Å²) in [5, 5.41) is 8.96. The molecule has 0 fully saturated rings. The number of nitrogens with zero attached hydrogens (tertiary/aromatic N) is 4. The molecule has 2 aromatic carbocycles. The van der Waals surface area contributed by atoms with E-state index in [2.05, 4.69) is 21.6 Å². The summed E-state index contributed by atoms with van der Waals surface area (Å²) in [6, 6.07) is 12.7. The Labute approximate surface area is 325 Å². The van der Waals surface area contributed by atoms with Gasteiger partial charge in [-0.2, -0.15) is 0 Å². The Bertz CT molecular complexity index is 2430. The number of pyridine rings is 2. The molecular weight excluding hydrogens is 840 g/mol. The first-order valence-electron chi connectivity index (χ1n) is 16.3. The van der Waals surface area contributed by atoms with Crippen molar-refractivity contribution < 1.29 is 53.6 Å². The third-order valence-corrected chi connectivity index (χ3v) is 10.3. The van der Waals surface area contributed by atoms with Crippen LogP contribution in [-0.4, -0.2) is 42.0 Å². The molecule has 8 nitrogen and oxygen atoms in total. The molecule has 6 rings (SSSR count). The number of aromatic nitrogens is 4. The number of hydrogen-bond acceptors (Lipinski definition) is 5. The average molecular weight is 878 g/mol. The first kappa shape index (κ1) is 46.6. The first-order chi connectivity index (χ1) is 25.9. The van der Waals surface area contributed by atoms with Crippen LogP contribution in [0.1, 0.15) is 61.0 Å². The minimum Gasteiger partial charge on any atom is -0.477 e. The van der Waals surface area contributed by atoms with E-state index in [1.807, 2.05) is 38.1 Å². The lowest BCUT2D eigenvalue weighted by Gasteiger charge is -2.40. The predicted molar refractivity (Wildman–Crippen MR) is 204 cm³/mol. The minimum absolute atomic E-state index is 0.0145. The number of carboxylic acids is 1. The van der Waals surface area contributed by atoms with Crippen molar-refractivity contribution in [2.75, 3.05) is 6.38 Å². The Morgan fingerprint density at radius 1 is 0.632 bits per heavy atom. The molecule has 3 N–H and O–H groups in total. The first-order valence-corrected chi connectivity index (χ1v) is 20.9. The van der Waals surface area contributed by atoms with Crippen molar-refractivity contribution in [3.05, 3.63) is 130 Å². The van der Waals surface area contributed by atoms with E-state index in [-0.39, 0.29) is 30.9 Å². The van der Waals surface area contributed by atoms with Gasteiger partial charge in [0.2, 0.25) is 0 Å². The van der Waals surface area contributed by atoms with Crippen LogP contribution < -0.4 is 5.73 Å². The lowest BCUT2D eigenvalue weighted by Crippen LogP contribution is -2.08. The number of carbonyl (C=O) groups is 2. The number of halogens is 11. The van der Waals surface area contributed by atoms with Crippen LogP contribution in [0.4, 0.5) is 38.9 Å². The molecule has 6 aromatic rings. The minimum atomic E-state index is -9.67. The van der Waals surface area contributed by atoms with Crippen LogP contribution in [0.3, 0.4) is 0 Å². The van der Waals surface area contributed by atoms with Crippen molar-refractivity contribution in [3.63, 3.8) is 0 Å². The lowest BCUT2D eigenvalue weighted by molar-refractivity contribution is 0.0688. The Morgan fingerprint density at radius 3 is 1.37 bits per heavy atom. The van der Waals surface area contributed by atoms with Gasteiger partial charge in [-0.15, -0.1) is 11.6 Å². The summed E-state index contributed by atoms with van der Waals surface area (Å²) in [5.74, 6) is -1.17. The summed E-state index contributed by atoms with van der Waals surface area (Å²) < 4.78 is 128. The van der Waals surface area contributed by atoms with Gasteiger partial charge in [0.1, 0.15) is 26.8 Å². The molecule has 314 valence electrons. The molecule has 21 heteroatoms. The Balaban J connectivity index is 0.000000245. The highest BCUT2D eigenvalue weighted by Gasteiger charge is 2.66. The van der Waals surface area contributed by atoms with E-state index in [4.69, 9.17) is 10.8 Å². The van der Waals surface area contributed by atoms with Crippen molar-refractivity contribution in [2.45, 2.75) is 56.9 Å². The number of carboxylic acid groups (broad SMARTS) is 1. The van der Waals surface area contributed by atoms with Gasteiger partial charge in [0.15, 0.2) is 11.5 Å². The fourth-order valence-corrected chi connectivity index (χ4v) is 6.60. The van der Waals surface area contributed by atoms with Gasteiger partial charge in [0, 0.05) is 31.7 Å². The standard InChI is InChI=1S/C18H17F5N2OS.C10H10N2O2.C7H8F5NS.CH3Cl/c1-12-9-10-25-17(11-12)24-13(2)18(25)16(26)8-5-14-3-6-15(7-4-14)27(19,20,21,22)23;1-6-3-4-12-8(5-6)11-7(2)9(12)10(13)14;8-14(9,10,11,12)7-3-1-6(5-13)2-4-7;1-2/h3-4,6-7,9-11H,5,8H2,1-2H3;3-5H,1-2H3,(H,13,14);1-4H,5,13H2;1H3. The molecular formula is C36H38ClF10N5O3S2. The van der Waals surface area contributed by atoms with Gasteiger partial charge in [-0.3, -0.25) is 13.6 Å². The van der Waals surface area contributed by atoms with E-state index < -0.39 is 36.2 Å². The average Bonchev–Trinajstić information content (AvgIpc) is 3.60. The molecule has 0 saturated heterocycles. The molecule has 57 heavy (non-hydrogen) atoms. The van der Waals surface area contributed by atoms with Crippen LogP contribution in [0.15, 0.2) is 95.0 Å². The summed E-state index contributed by atoms with van der Waals surface area (Å²) in [5.41, 5.74) is 11.0. The van der Waals surface area contributed by atoms with E-state index in [0.717, 1.165) is 35.4 Å². The van der Waals surface area contributed by atoms with Crippen LogP contribution in [0.25, 0.3) is 11.3 Å². The highest BCUT2D eigenvalue weighted by atomic mass is 35.5. The number of ketones is 1. The van der Waals surface area contributed by atoms with Crippen LogP contribution in [0.5, 0.6) is 0 Å². The highest BCUT2D eigenvalue weighted by molar-refractivity contribution is 8.46. The summed E-state index contributed by atoms with van der Waals surface area (Å²) in [4.78, 5) is 28.2. The number of carbonyl (C=O) groups excluding carboxylic acids is 1. The van der Waals surface area contributed by atoms with Crippen LogP contribution >= 0.6 is 32.0 Å². The number of hydrogen-bond donors (Lipinski definition) is 2. The van der Waals surface area contributed by atoms with Crippen molar-refractivity contribution in [2.24, 2.45) is 5.73 Å². The van der Waals surface area contributed by atoms with E-state index in [9.17, 15) is 48.4 Å². The van der Waals surface area contributed by atoms with Crippen molar-refractivity contribution >= 4 is 55.1 Å². The largest absolute Gasteiger partial charge is 0.477 e. The maximum absolute atomic E-state index is 12.7. The third-order valence-electron chi connectivity index (χ3n) is 7.99. The Hall–Kier alpha value is -4.79. The molecule has 0 aliphatic heterocycles. The molecule has 0 atom stereocenters. The zero-order valence-electron chi connectivity index (χ0n) is 30.8. The maximum atomic E-state index is 12.7. The number of rotatable bonds is 8. The molecule has 0 amide bonds. The second-order valence-corrected chi connectivity index (χ2v) is 17.4. The monoisotopic (exact) mass is 877 g/mol. The molecule has 0 aliphatic carbocycles. The second kappa shape index (κ2) is 15.2. The Kier molecular flexibility index (Phi) is 12.4. The van der Waals surface area contributed by atoms with E-state index in [1.54, 1.807) is 35.0 Å². The number of aryl methyl sites for hydroxylation is 5. The van der Waals surface area contributed by atoms with Crippen molar-refractivity contribution in [1.29, 1.82) is 0 Å². The molecule has 0 spiro atoms. The summed E-state index contributed by atoms with van der Waals surface area (Å²) in [6.45, 7) is 7.28. The smallest absolute Gasteiger partial charge is 0.354 e. The zero-order chi connectivity index (χ0) is 43.5. The number of benzene rings is 2. The number of Topliss-reactive ketones (excluding diaryl/α,β-unsaturated/α-hetero) is 1. The van der Waals surface area contributed by atoms with Crippen LogP contribution in [-0.2, 0) is 13.0 Å². The topological polar surface area (TPSA) is 115 Å². The van der Waals surface area contributed by atoms with Crippen LogP contribution in [0, 0.1) is 27.7 Å². The van der Waals surface area contributed by atoms with E-state index in [0.29, 0.717) is 63.8 Å². The molecule has 4 aromatic heterocycles. The van der Waals surface area contributed by atoms with Gasteiger partial charge in [-0.1, -0.05) is 63.1 Å². The van der Waals surface area contributed by atoms with Crippen molar-refractivity contribution in [1.82, 2.24) is 18.8 Å². The fraction of sp³-hybridized carbons (Fsp3) is 0.222. The molecule has 4 heterocycles. The number of aromatic carboxylic acids is 1. The number of fused-ring (bicyclic) bond motifs is 2. The van der Waals surface area contributed by atoms with E-state index >= 15 is 0 Å². The van der Waals surface area contributed by atoms with E-state index in [1.165, 1.54) is 6.38 Å². The Morgan fingerprint density at radius 2 is 1.00 bits per heavy atom. The van der Waals surface area contributed by atoms with Crippen LogP contribution in [0.2, 0.25) is 0 Å². The van der Waals surface area contributed by atoms with Gasteiger partial charge in [0.05, 0.1) is 11.4 Å². The summed E-state index contributed by atoms with van der Waals surface area (Å²) in [7, 11) is -19.2. The molecule has 0 radical (unpaired) electrons. The van der Waals surface area contributed by atoms with Gasteiger partial charge < -0.3 is 10.8 Å². The molecule has 0 unspecified atom stereocenters. The second-order valence-electron chi connectivity index (χ2n) is 12.6. The number of alkyl halides is 1. The normalized spacial score (nSPS) is 14.0. The quantitative estimate of drug-likeness (QED) is 0.0894. The summed E-state index contributed by atoms with van der Waals surface area (Å²) in [6.07, 6.45) is 5.10. The molecule has 0 saturated carbocycles. The number of nitrogens with two attached hydrogens (primary N) is 1. The van der Waals surface area contributed by atoms with Gasteiger partial charge >= 0.3 is 26.4 Å². The molecule has 0 bridgehead atoms. The van der Waals surface area contributed by atoms with Gasteiger partial charge in [-0.25, -0.2) is 14.8 Å². The summed E-state index contributed by atoms with van der Waals surface area (Å²) >= 11 is 4.64. The SMILES string of the molecule is CCl.Cc1ccn2c(C(=O)CCc3ccc(S(F)(F)(F)(F)F)cc3)c(C)nc2c1.Cc1ccn2c(C(=O)O)c(C)nc2c1.NCc1ccc(S(F)(F)(F)(F)F)cc1. The lowest BCUT2D eigenvalue weighted by atomic mass is 10.1. The van der Waals surface area contributed by atoms with Gasteiger partial charge in [-0.05, 0) is 105 Å². The third kappa shape index (κ3) is 12.3. The highest BCUT2D eigenvalue weighted by Crippen LogP contribution is 3.02. The van der Waals surface area contributed by atoms with Gasteiger partial charge in [0.25, 0.3) is 0 Å². The molecule has 0 aliphatic rings. The fourth-order valence-electron chi connectivity index (χ4n) is 5.29. The number of imidazole rings is 2. The zero-order valence-corrected chi connectivity index (χ0v) is 33.2. The maximum Gasteiger partial charge on any atom is 0.354 e.